The second-order valence-corrected chi connectivity index (χ2v) is 23.7. The molecule has 86 heavy (non-hydrogen) atoms. The van der Waals surface area contributed by atoms with Gasteiger partial charge in [0.1, 0.15) is 0 Å². The topological polar surface area (TPSA) is 6.48 Å². The summed E-state index contributed by atoms with van der Waals surface area (Å²) in [6.07, 6.45) is 0. The fourth-order valence-corrected chi connectivity index (χ4v) is 13.7. The molecule has 2 nitrogen and oxygen atoms in total. The molecule has 0 aliphatic heterocycles. The van der Waals surface area contributed by atoms with Crippen LogP contribution < -0.4 is 42.6 Å². The van der Waals surface area contributed by atoms with E-state index in [-0.39, 0.29) is 13.4 Å². The van der Waals surface area contributed by atoms with Gasteiger partial charge in [-0.3, -0.25) is 0 Å². The van der Waals surface area contributed by atoms with Gasteiger partial charge in [0.2, 0.25) is 13.4 Å². The monoisotopic (exact) mass is 1110 g/mol. The standard InChI is InChI=1S/C82H74B2N2/c1-55-45-59(5)79(60(6)46-55)83(80-61(7)47-56(2)48-62(80)8)77-53-70(40-34-68-37-43-76(44-38-68)86(73-29-21-15-22-30-73)74-31-23-16-24-32-74)78(84(81-63(9)49-57(3)50-64(81)10)82-65(11)51-58(4)52-66(82)12)54-69(77)39-33-67-35-41-75(42-36-67)85(71-25-17-13-18-26-71)72-27-19-14-20-28-72/h13-32,35-38,41-54H,1-12H3. The van der Waals surface area contributed by atoms with Crippen LogP contribution in [-0.2, 0) is 0 Å². The van der Waals surface area contributed by atoms with E-state index in [0.717, 1.165) is 67.3 Å². The van der Waals surface area contributed by atoms with Gasteiger partial charge in [0.25, 0.3) is 0 Å². The van der Waals surface area contributed by atoms with Crippen LogP contribution in [0.2, 0.25) is 0 Å². The molecular formula is C82H74B2N2. The Balaban J connectivity index is 1.20. The Morgan fingerprint density at radius 1 is 0.233 bits per heavy atom. The number of anilines is 6. The molecule has 11 rings (SSSR count). The molecule has 0 saturated carbocycles. The molecule has 0 amide bonds. The fourth-order valence-electron chi connectivity index (χ4n) is 13.7. The summed E-state index contributed by atoms with van der Waals surface area (Å²) >= 11 is 0. The lowest BCUT2D eigenvalue weighted by Crippen LogP contribution is -2.59. The smallest absolute Gasteiger partial charge is 0.244 e. The van der Waals surface area contributed by atoms with E-state index in [9.17, 15) is 0 Å². The van der Waals surface area contributed by atoms with Crippen LogP contribution >= 0.6 is 0 Å². The maximum atomic E-state index is 3.97. The summed E-state index contributed by atoms with van der Waals surface area (Å²) < 4.78 is 0. The maximum Gasteiger partial charge on any atom is 0.244 e. The molecule has 0 atom stereocenters. The molecule has 11 aromatic rings. The van der Waals surface area contributed by atoms with Crippen LogP contribution in [-0.4, -0.2) is 13.4 Å². The molecule has 0 fully saturated rings. The molecule has 0 radical (unpaired) electrons. The maximum absolute atomic E-state index is 3.97. The first-order valence-corrected chi connectivity index (χ1v) is 30.1. The summed E-state index contributed by atoms with van der Waals surface area (Å²) in [5.74, 6) is 15.5. The van der Waals surface area contributed by atoms with Crippen LogP contribution in [0.5, 0.6) is 0 Å². The van der Waals surface area contributed by atoms with Gasteiger partial charge >= 0.3 is 0 Å². The number of rotatable bonds is 12. The van der Waals surface area contributed by atoms with Gasteiger partial charge in [0, 0.05) is 56.4 Å². The average Bonchev–Trinajstić information content (AvgIpc) is 0.918. The van der Waals surface area contributed by atoms with Gasteiger partial charge in [-0.15, -0.1) is 0 Å². The van der Waals surface area contributed by atoms with Crippen molar-refractivity contribution < 1.29 is 0 Å². The Morgan fingerprint density at radius 3 is 0.663 bits per heavy atom. The zero-order chi connectivity index (χ0) is 60.2. The van der Waals surface area contributed by atoms with Crippen molar-refractivity contribution in [1.82, 2.24) is 0 Å². The molecule has 418 valence electrons. The van der Waals surface area contributed by atoms with E-state index < -0.39 is 0 Å². The summed E-state index contributed by atoms with van der Waals surface area (Å²) in [6.45, 7) is 26.8. The van der Waals surface area contributed by atoms with Gasteiger partial charge < -0.3 is 9.80 Å². The van der Waals surface area contributed by atoms with Crippen molar-refractivity contribution >= 4 is 80.3 Å². The number of para-hydroxylation sites is 4. The Hall–Kier alpha value is -9.73. The third-order valence-electron chi connectivity index (χ3n) is 16.9. The molecular weight excluding hydrogens is 1030 g/mol. The molecule has 11 aromatic carbocycles. The molecule has 4 heteroatoms. The van der Waals surface area contributed by atoms with Crippen molar-refractivity contribution in [1.29, 1.82) is 0 Å². The highest BCUT2D eigenvalue weighted by Crippen LogP contribution is 2.36. The van der Waals surface area contributed by atoms with Crippen LogP contribution in [0.15, 0.2) is 231 Å². The molecule has 0 heterocycles. The molecule has 0 spiro atoms. The summed E-state index contributed by atoms with van der Waals surface area (Å²) in [4.78, 5) is 4.60. The number of benzene rings is 11. The Kier molecular flexibility index (Phi) is 17.0. The van der Waals surface area contributed by atoms with Crippen molar-refractivity contribution in [3.8, 4) is 23.7 Å². The van der Waals surface area contributed by atoms with Crippen LogP contribution in [0.25, 0.3) is 0 Å². The van der Waals surface area contributed by atoms with E-state index in [1.54, 1.807) is 0 Å². The molecule has 0 N–H and O–H groups in total. The molecule has 0 aromatic heterocycles. The fraction of sp³-hybridized carbons (Fsp3) is 0.146. The van der Waals surface area contributed by atoms with Crippen LogP contribution in [0.3, 0.4) is 0 Å². The second kappa shape index (κ2) is 25.2. The summed E-state index contributed by atoms with van der Waals surface area (Å²) in [5.41, 5.74) is 32.9. The number of hydrogen-bond acceptors (Lipinski definition) is 2. The molecule has 0 unspecified atom stereocenters. The van der Waals surface area contributed by atoms with Gasteiger partial charge in [-0.05, 0) is 180 Å². The number of aryl methyl sites for hydroxylation is 12. The van der Waals surface area contributed by atoms with E-state index in [0.29, 0.717) is 0 Å². The highest BCUT2D eigenvalue weighted by molar-refractivity contribution is 6.98. The Morgan fingerprint density at radius 2 is 0.442 bits per heavy atom. The molecule has 0 aliphatic rings. The Bertz CT molecular complexity index is 3840. The average molecular weight is 1110 g/mol. The van der Waals surface area contributed by atoms with E-state index in [2.05, 4.69) is 347 Å². The normalized spacial score (nSPS) is 10.8. The number of nitrogens with zero attached hydrogens (tertiary/aromatic N) is 2. The molecule has 0 aliphatic carbocycles. The van der Waals surface area contributed by atoms with Crippen molar-refractivity contribution in [3.05, 3.63) is 320 Å². The first-order valence-electron chi connectivity index (χ1n) is 30.1. The predicted molar refractivity (Wildman–Crippen MR) is 373 cm³/mol. The van der Waals surface area contributed by atoms with Crippen LogP contribution in [0.1, 0.15) is 89.0 Å². The first-order chi connectivity index (χ1) is 41.6. The minimum absolute atomic E-state index is 0.173. The summed E-state index contributed by atoms with van der Waals surface area (Å²) in [6, 6.07) is 83.5. The Labute approximate surface area is 513 Å². The highest BCUT2D eigenvalue weighted by Gasteiger charge is 2.35. The second-order valence-electron chi connectivity index (χ2n) is 23.7. The quantitative estimate of drug-likeness (QED) is 0.0889. The third-order valence-corrected chi connectivity index (χ3v) is 16.9. The van der Waals surface area contributed by atoms with Gasteiger partial charge in [0.05, 0.1) is 0 Å². The van der Waals surface area contributed by atoms with Crippen molar-refractivity contribution in [2.45, 2.75) is 83.1 Å². The van der Waals surface area contributed by atoms with E-state index in [4.69, 9.17) is 0 Å². The van der Waals surface area contributed by atoms with Crippen molar-refractivity contribution in [3.63, 3.8) is 0 Å². The summed E-state index contributed by atoms with van der Waals surface area (Å²) in [7, 11) is 0. The van der Waals surface area contributed by atoms with Crippen molar-refractivity contribution in [2.75, 3.05) is 9.80 Å². The zero-order valence-corrected chi connectivity index (χ0v) is 52.0. The van der Waals surface area contributed by atoms with Crippen molar-refractivity contribution in [2.24, 2.45) is 0 Å². The van der Waals surface area contributed by atoms with E-state index in [1.165, 1.54) is 88.6 Å². The highest BCUT2D eigenvalue weighted by atomic mass is 15.1. The first kappa shape index (κ1) is 58.1. The third kappa shape index (κ3) is 12.3. The minimum Gasteiger partial charge on any atom is -0.311 e. The lowest BCUT2D eigenvalue weighted by atomic mass is 9.31. The van der Waals surface area contributed by atoms with Gasteiger partial charge in [-0.1, -0.05) is 257 Å². The SMILES string of the molecule is Cc1cc(C)c(B(c2cc(C#Cc3ccc(N(c4ccccc4)c4ccccc4)cc3)c(B(c3c(C)cc(C)cc3C)c3c(C)cc(C)cc3C)cc2C#Cc2ccc(N(c3ccccc3)c3ccccc3)cc2)c2c(C)cc(C)cc2C)c(C)c1. The minimum atomic E-state index is -0.173. The lowest BCUT2D eigenvalue weighted by molar-refractivity contribution is 1.28. The van der Waals surface area contributed by atoms with Gasteiger partial charge in [-0.2, -0.15) is 0 Å². The lowest BCUT2D eigenvalue weighted by Gasteiger charge is -2.28. The largest absolute Gasteiger partial charge is 0.311 e. The molecule has 0 bridgehead atoms. The van der Waals surface area contributed by atoms with Gasteiger partial charge in [0.15, 0.2) is 0 Å². The summed E-state index contributed by atoms with van der Waals surface area (Å²) in [5, 5.41) is 0. The van der Waals surface area contributed by atoms with Crippen LogP contribution in [0.4, 0.5) is 34.1 Å². The molecule has 0 saturated heterocycles. The number of hydrogen-bond donors (Lipinski definition) is 0. The van der Waals surface area contributed by atoms with E-state index in [1.807, 2.05) is 0 Å². The van der Waals surface area contributed by atoms with Crippen LogP contribution in [0, 0.1) is 107 Å². The van der Waals surface area contributed by atoms with Gasteiger partial charge in [-0.25, -0.2) is 0 Å². The predicted octanol–water partition coefficient (Wildman–Crippen LogP) is 16.2. The van der Waals surface area contributed by atoms with E-state index >= 15 is 0 Å². The zero-order valence-electron chi connectivity index (χ0n) is 52.0.